The van der Waals surface area contributed by atoms with E-state index in [0.717, 1.165) is 29.4 Å². The first-order valence-electron chi connectivity index (χ1n) is 6.25. The highest BCUT2D eigenvalue weighted by Crippen LogP contribution is 2.20. The van der Waals surface area contributed by atoms with Crippen LogP contribution >= 0.6 is 11.3 Å². The maximum absolute atomic E-state index is 4.59. The van der Waals surface area contributed by atoms with Gasteiger partial charge < -0.3 is 5.32 Å². The van der Waals surface area contributed by atoms with Crippen LogP contribution in [0.4, 0.5) is 0 Å². The van der Waals surface area contributed by atoms with Crippen LogP contribution < -0.4 is 5.32 Å². The molecule has 18 heavy (non-hydrogen) atoms. The average molecular weight is 264 g/mol. The quantitative estimate of drug-likeness (QED) is 0.901. The molecule has 0 bridgehead atoms. The minimum atomic E-state index is 0.273. The van der Waals surface area contributed by atoms with Crippen molar-refractivity contribution in [2.75, 3.05) is 6.54 Å². The molecule has 0 spiro atoms. The van der Waals surface area contributed by atoms with Gasteiger partial charge in [-0.3, -0.25) is 4.68 Å². The molecule has 0 amide bonds. The molecule has 0 saturated carbocycles. The Morgan fingerprint density at radius 1 is 1.44 bits per heavy atom. The number of rotatable bonds is 5. The van der Waals surface area contributed by atoms with Crippen LogP contribution in [0, 0.1) is 13.8 Å². The van der Waals surface area contributed by atoms with Crippen molar-refractivity contribution in [1.29, 1.82) is 0 Å². The summed E-state index contributed by atoms with van der Waals surface area (Å²) in [6.45, 7) is 7.14. The fraction of sp³-hybridized carbons (Fsp3) is 0.538. The molecule has 1 atom stereocenters. The van der Waals surface area contributed by atoms with Crippen molar-refractivity contribution in [3.63, 3.8) is 0 Å². The highest BCUT2D eigenvalue weighted by molar-refractivity contribution is 7.09. The van der Waals surface area contributed by atoms with E-state index in [-0.39, 0.29) is 6.04 Å². The van der Waals surface area contributed by atoms with Gasteiger partial charge in [0.2, 0.25) is 0 Å². The number of likely N-dealkylation sites (N-methyl/N-ethyl adjacent to an activating group) is 1. The van der Waals surface area contributed by atoms with Crippen molar-refractivity contribution in [2.24, 2.45) is 7.05 Å². The van der Waals surface area contributed by atoms with Crippen molar-refractivity contribution in [1.82, 2.24) is 20.1 Å². The lowest BCUT2D eigenvalue weighted by Crippen LogP contribution is -2.24. The zero-order valence-electron chi connectivity index (χ0n) is 11.4. The van der Waals surface area contributed by atoms with E-state index in [1.54, 1.807) is 11.3 Å². The van der Waals surface area contributed by atoms with Crippen molar-refractivity contribution in [2.45, 2.75) is 33.2 Å². The molecule has 0 saturated heterocycles. The second-order valence-corrected chi connectivity index (χ2v) is 5.57. The average Bonchev–Trinajstić information content (AvgIpc) is 2.85. The molecule has 2 aromatic heterocycles. The number of aromatic nitrogens is 3. The predicted octanol–water partition coefficient (Wildman–Crippen LogP) is 2.39. The molecule has 1 unspecified atom stereocenters. The fourth-order valence-corrected chi connectivity index (χ4v) is 2.80. The third-order valence-electron chi connectivity index (χ3n) is 2.96. The summed E-state index contributed by atoms with van der Waals surface area (Å²) in [5, 5.41) is 11.2. The van der Waals surface area contributed by atoms with E-state index in [1.807, 2.05) is 25.6 Å². The Balaban J connectivity index is 2.18. The first-order valence-corrected chi connectivity index (χ1v) is 7.13. The summed E-state index contributed by atoms with van der Waals surface area (Å²) in [4.78, 5) is 4.59. The van der Waals surface area contributed by atoms with E-state index in [4.69, 9.17) is 0 Å². The first kappa shape index (κ1) is 13.2. The van der Waals surface area contributed by atoms with E-state index >= 15 is 0 Å². The van der Waals surface area contributed by atoms with Gasteiger partial charge in [-0.05, 0) is 26.5 Å². The fourth-order valence-electron chi connectivity index (χ4n) is 2.13. The molecule has 0 radical (unpaired) electrons. The topological polar surface area (TPSA) is 42.7 Å². The van der Waals surface area contributed by atoms with Crippen LogP contribution in [0.25, 0.3) is 0 Å². The number of hydrogen-bond acceptors (Lipinski definition) is 4. The lowest BCUT2D eigenvalue weighted by molar-refractivity contribution is 0.519. The zero-order chi connectivity index (χ0) is 13.1. The van der Waals surface area contributed by atoms with Gasteiger partial charge in [0.05, 0.1) is 22.4 Å². The lowest BCUT2D eigenvalue weighted by atomic mass is 10.1. The standard InChI is InChI=1S/C13H20N4S/c1-5-14-12(13-8-18-10(3)15-13)7-11-6-9(2)16-17(11)4/h6,8,12,14H,5,7H2,1-4H3. The predicted molar refractivity (Wildman–Crippen MR) is 74.9 cm³/mol. The largest absolute Gasteiger partial charge is 0.309 e. The van der Waals surface area contributed by atoms with Gasteiger partial charge in [0, 0.05) is 24.5 Å². The molecule has 0 aliphatic rings. The van der Waals surface area contributed by atoms with Crippen molar-refractivity contribution in [3.8, 4) is 0 Å². The van der Waals surface area contributed by atoms with Crippen LogP contribution in [0.5, 0.6) is 0 Å². The minimum absolute atomic E-state index is 0.273. The van der Waals surface area contributed by atoms with Gasteiger partial charge in [0.1, 0.15) is 0 Å². The molecule has 2 heterocycles. The molecule has 0 fully saturated rings. The van der Waals surface area contributed by atoms with Gasteiger partial charge in [0.25, 0.3) is 0 Å². The monoisotopic (exact) mass is 264 g/mol. The molecule has 2 aromatic rings. The Kier molecular flexibility index (Phi) is 4.14. The van der Waals surface area contributed by atoms with Crippen molar-refractivity contribution < 1.29 is 0 Å². The van der Waals surface area contributed by atoms with Gasteiger partial charge in [-0.2, -0.15) is 5.10 Å². The Morgan fingerprint density at radius 2 is 2.22 bits per heavy atom. The molecule has 0 aliphatic heterocycles. The third-order valence-corrected chi connectivity index (χ3v) is 3.75. The van der Waals surface area contributed by atoms with Gasteiger partial charge >= 0.3 is 0 Å². The summed E-state index contributed by atoms with van der Waals surface area (Å²) in [7, 11) is 2.00. The second kappa shape index (κ2) is 5.63. The second-order valence-electron chi connectivity index (χ2n) is 4.51. The molecule has 0 aromatic carbocycles. The van der Waals surface area contributed by atoms with E-state index in [2.05, 4.69) is 33.8 Å². The summed E-state index contributed by atoms with van der Waals surface area (Å²) >= 11 is 1.71. The highest BCUT2D eigenvalue weighted by atomic mass is 32.1. The van der Waals surface area contributed by atoms with E-state index < -0.39 is 0 Å². The smallest absolute Gasteiger partial charge is 0.0898 e. The Bertz CT molecular complexity index is 515. The van der Waals surface area contributed by atoms with Crippen LogP contribution in [-0.4, -0.2) is 21.3 Å². The van der Waals surface area contributed by atoms with Gasteiger partial charge in [-0.1, -0.05) is 6.92 Å². The lowest BCUT2D eigenvalue weighted by Gasteiger charge is -2.15. The SMILES string of the molecule is CCNC(Cc1cc(C)nn1C)c1csc(C)n1. The Labute approximate surface area is 112 Å². The van der Waals surface area contributed by atoms with Crippen LogP contribution in [0.2, 0.25) is 0 Å². The first-order chi connectivity index (χ1) is 8.60. The number of hydrogen-bond donors (Lipinski definition) is 1. The van der Waals surface area contributed by atoms with Gasteiger partial charge in [-0.25, -0.2) is 4.98 Å². The molecular weight excluding hydrogens is 244 g/mol. The molecule has 4 nitrogen and oxygen atoms in total. The van der Waals surface area contributed by atoms with Crippen LogP contribution in [-0.2, 0) is 13.5 Å². The molecule has 2 rings (SSSR count). The number of thiazole rings is 1. The van der Waals surface area contributed by atoms with Crippen LogP contribution in [0.3, 0.4) is 0 Å². The molecule has 5 heteroatoms. The van der Waals surface area contributed by atoms with Crippen LogP contribution in [0.15, 0.2) is 11.4 Å². The Hall–Kier alpha value is -1.20. The number of aryl methyl sites for hydroxylation is 3. The maximum Gasteiger partial charge on any atom is 0.0898 e. The molecular formula is C13H20N4S. The van der Waals surface area contributed by atoms with Gasteiger partial charge in [0.15, 0.2) is 0 Å². The third kappa shape index (κ3) is 2.97. The summed E-state index contributed by atoms with van der Waals surface area (Å²) in [6, 6.07) is 2.42. The minimum Gasteiger partial charge on any atom is -0.309 e. The summed E-state index contributed by atoms with van der Waals surface area (Å²) < 4.78 is 1.96. The summed E-state index contributed by atoms with van der Waals surface area (Å²) in [5.41, 5.74) is 3.44. The number of nitrogens with one attached hydrogen (secondary N) is 1. The molecule has 0 aliphatic carbocycles. The normalized spacial score (nSPS) is 12.9. The van der Waals surface area contributed by atoms with Crippen molar-refractivity contribution in [3.05, 3.63) is 33.5 Å². The molecule has 1 N–H and O–H groups in total. The van der Waals surface area contributed by atoms with Crippen LogP contribution in [0.1, 0.15) is 35.1 Å². The Morgan fingerprint density at radius 3 is 2.72 bits per heavy atom. The summed E-state index contributed by atoms with van der Waals surface area (Å²) in [6.07, 6.45) is 0.925. The number of nitrogens with zero attached hydrogens (tertiary/aromatic N) is 3. The zero-order valence-corrected chi connectivity index (χ0v) is 12.2. The summed E-state index contributed by atoms with van der Waals surface area (Å²) in [5.74, 6) is 0. The van der Waals surface area contributed by atoms with E-state index in [0.29, 0.717) is 0 Å². The molecule has 98 valence electrons. The van der Waals surface area contributed by atoms with Gasteiger partial charge in [-0.15, -0.1) is 11.3 Å². The highest BCUT2D eigenvalue weighted by Gasteiger charge is 2.16. The van der Waals surface area contributed by atoms with E-state index in [1.165, 1.54) is 5.69 Å². The van der Waals surface area contributed by atoms with Crippen molar-refractivity contribution >= 4 is 11.3 Å². The van der Waals surface area contributed by atoms with E-state index in [9.17, 15) is 0 Å². The maximum atomic E-state index is 4.59.